The van der Waals surface area contributed by atoms with Gasteiger partial charge in [0, 0.05) is 33.3 Å². The standard InChI is InChI=1S/C44H55N8O8P/c1-29(2)52(30(3)4)61(58-25-13-24-45)60-38-36(59-42(39(38)56-9)51-28-46-37-40(51)48-43(49-41(37)53)47-27-50(5)6)26-57-44(31-14-11-10-12-15-31,32-16-20-34(54-7)21-17-32)33-18-22-35(55-8)23-19-33/h10-12,14-23,27-30,36,38-39,42H,13,25-26H2,1-9H3,(H,48,49,53)/t36-,38+,39?,42-,61?/m1/s1. The molecular formula is C44H55N8O8P. The van der Waals surface area contributed by atoms with Crippen LogP contribution in [0.5, 0.6) is 11.5 Å². The summed E-state index contributed by atoms with van der Waals surface area (Å²) in [4.78, 5) is 31.2. The first kappa shape index (κ1) is 45.3. The summed E-state index contributed by atoms with van der Waals surface area (Å²) in [6, 6.07) is 27.8. The van der Waals surface area contributed by atoms with Gasteiger partial charge in [-0.3, -0.25) is 14.3 Å². The van der Waals surface area contributed by atoms with Crippen LogP contribution >= 0.6 is 8.53 Å². The van der Waals surface area contributed by atoms with Gasteiger partial charge in [0.1, 0.15) is 35.4 Å². The first-order valence-corrected chi connectivity index (χ1v) is 21.2. The molecule has 3 aromatic carbocycles. The lowest BCUT2D eigenvalue weighted by molar-refractivity contribution is -0.0938. The fourth-order valence-corrected chi connectivity index (χ4v) is 9.22. The Labute approximate surface area is 358 Å². The van der Waals surface area contributed by atoms with E-state index in [9.17, 15) is 10.1 Å². The molecule has 0 aliphatic carbocycles. The summed E-state index contributed by atoms with van der Waals surface area (Å²) in [6.07, 6.45) is -0.0727. The van der Waals surface area contributed by atoms with Crippen LogP contribution in [0.3, 0.4) is 0 Å². The topological polar surface area (TPSA) is 171 Å². The van der Waals surface area contributed by atoms with Crippen molar-refractivity contribution >= 4 is 32.0 Å². The third-order valence-electron chi connectivity index (χ3n) is 10.2. The summed E-state index contributed by atoms with van der Waals surface area (Å²) in [6.45, 7) is 8.44. The molecule has 324 valence electrons. The van der Waals surface area contributed by atoms with E-state index >= 15 is 0 Å². The second-order valence-corrected chi connectivity index (χ2v) is 16.5. The fourth-order valence-electron chi connectivity index (χ4n) is 7.46. The summed E-state index contributed by atoms with van der Waals surface area (Å²) in [5.41, 5.74) is 1.25. The van der Waals surface area contributed by atoms with E-state index in [0.29, 0.717) is 11.5 Å². The molecule has 5 aromatic rings. The average molecular weight is 855 g/mol. The van der Waals surface area contributed by atoms with Crippen LogP contribution in [0.1, 0.15) is 57.0 Å². The van der Waals surface area contributed by atoms with E-state index in [1.54, 1.807) is 37.1 Å². The van der Waals surface area contributed by atoms with Gasteiger partial charge in [-0.2, -0.15) is 10.2 Å². The number of imidazole rings is 1. The van der Waals surface area contributed by atoms with Crippen LogP contribution in [0.25, 0.3) is 11.2 Å². The molecule has 0 spiro atoms. The number of aromatic nitrogens is 4. The van der Waals surface area contributed by atoms with Gasteiger partial charge in [0.25, 0.3) is 14.1 Å². The van der Waals surface area contributed by atoms with Crippen LogP contribution in [0.15, 0.2) is 95.0 Å². The third-order valence-corrected chi connectivity index (χ3v) is 12.3. The SMILES string of the molecule is COc1ccc(C(OC[C@H]2O[C@@H](n3cnc4c(=O)[nH]c(N=CN(C)C)nc43)C(OC)[C@H]2OP(OCCC#N)N(C(C)C)C(C)C)(c2ccccc2)c2ccc(OC)cc2)cc1. The average Bonchev–Trinajstić information content (AvgIpc) is 3.84. The second-order valence-electron chi connectivity index (χ2n) is 15.1. The van der Waals surface area contributed by atoms with Gasteiger partial charge in [0.2, 0.25) is 5.95 Å². The molecule has 2 unspecified atom stereocenters. The maximum Gasteiger partial charge on any atom is 0.280 e. The highest BCUT2D eigenvalue weighted by Gasteiger charge is 2.51. The first-order valence-electron chi connectivity index (χ1n) is 20.0. The maximum atomic E-state index is 13.3. The van der Waals surface area contributed by atoms with Crippen LogP contribution in [0, 0.1) is 11.3 Å². The van der Waals surface area contributed by atoms with Gasteiger partial charge in [0.15, 0.2) is 17.4 Å². The van der Waals surface area contributed by atoms with Crippen molar-refractivity contribution in [3.05, 3.63) is 112 Å². The minimum Gasteiger partial charge on any atom is -0.497 e. The van der Waals surface area contributed by atoms with Gasteiger partial charge in [-0.1, -0.05) is 54.6 Å². The zero-order chi connectivity index (χ0) is 43.7. The lowest BCUT2D eigenvalue weighted by Gasteiger charge is -2.39. The molecule has 1 N–H and O–H groups in total. The van der Waals surface area contributed by atoms with E-state index in [1.165, 1.54) is 6.33 Å². The van der Waals surface area contributed by atoms with Crippen molar-refractivity contribution in [1.82, 2.24) is 29.1 Å². The van der Waals surface area contributed by atoms with Crippen LogP contribution < -0.4 is 15.0 Å². The number of nitrogens with zero attached hydrogens (tertiary/aromatic N) is 7. The minimum absolute atomic E-state index is 0.0161. The molecule has 16 nitrogen and oxygen atoms in total. The smallest absolute Gasteiger partial charge is 0.280 e. The monoisotopic (exact) mass is 854 g/mol. The predicted molar refractivity (Wildman–Crippen MR) is 233 cm³/mol. The quantitative estimate of drug-likeness (QED) is 0.0281. The Hall–Kier alpha value is -5.24. The number of ether oxygens (including phenoxy) is 5. The van der Waals surface area contributed by atoms with Crippen molar-refractivity contribution in [3.8, 4) is 17.6 Å². The summed E-state index contributed by atoms with van der Waals surface area (Å²) in [5.74, 6) is 1.48. The zero-order valence-electron chi connectivity index (χ0n) is 36.1. The number of rotatable bonds is 20. The molecule has 0 radical (unpaired) electrons. The van der Waals surface area contributed by atoms with Crippen molar-refractivity contribution in [2.75, 3.05) is 48.6 Å². The van der Waals surface area contributed by atoms with Crippen LogP contribution in [-0.2, 0) is 28.9 Å². The molecule has 1 fully saturated rings. The molecule has 0 bridgehead atoms. The Balaban J connectivity index is 1.50. The number of benzene rings is 3. The molecule has 0 saturated carbocycles. The number of aliphatic imine (C=N–C) groups is 1. The first-order chi connectivity index (χ1) is 29.4. The number of nitrogens with one attached hydrogen (secondary N) is 1. The van der Waals surface area contributed by atoms with Crippen molar-refractivity contribution in [3.63, 3.8) is 0 Å². The Morgan fingerprint density at radius 2 is 1.54 bits per heavy atom. The van der Waals surface area contributed by atoms with E-state index in [1.807, 2.05) is 93.0 Å². The van der Waals surface area contributed by atoms with Gasteiger partial charge >= 0.3 is 0 Å². The largest absolute Gasteiger partial charge is 0.497 e. The second kappa shape index (κ2) is 20.5. The summed E-state index contributed by atoms with van der Waals surface area (Å²) in [7, 11) is 6.69. The van der Waals surface area contributed by atoms with E-state index in [-0.39, 0.29) is 48.8 Å². The molecule has 5 atom stereocenters. The van der Waals surface area contributed by atoms with E-state index in [2.05, 4.69) is 58.4 Å². The lowest BCUT2D eigenvalue weighted by Crippen LogP contribution is -2.42. The molecule has 0 amide bonds. The van der Waals surface area contributed by atoms with Crippen LogP contribution in [0.2, 0.25) is 0 Å². The molecule has 61 heavy (non-hydrogen) atoms. The van der Waals surface area contributed by atoms with Gasteiger partial charge in [-0.05, 0) is 68.7 Å². The van der Waals surface area contributed by atoms with Gasteiger partial charge < -0.3 is 37.6 Å². The Morgan fingerprint density at radius 3 is 2.08 bits per heavy atom. The highest BCUT2D eigenvalue weighted by molar-refractivity contribution is 7.44. The number of hydrogen-bond donors (Lipinski definition) is 1. The van der Waals surface area contributed by atoms with Crippen molar-refractivity contribution in [1.29, 1.82) is 5.26 Å². The molecule has 17 heteroatoms. The highest BCUT2D eigenvalue weighted by atomic mass is 31.2. The van der Waals surface area contributed by atoms with Gasteiger partial charge in [0.05, 0.1) is 52.6 Å². The van der Waals surface area contributed by atoms with Crippen LogP contribution in [-0.4, -0.2) is 114 Å². The number of fused-ring (bicyclic) bond motifs is 1. The van der Waals surface area contributed by atoms with Gasteiger partial charge in [-0.25, -0.2) is 14.6 Å². The Morgan fingerprint density at radius 1 is 0.934 bits per heavy atom. The molecular weight excluding hydrogens is 800 g/mol. The zero-order valence-corrected chi connectivity index (χ0v) is 37.0. The van der Waals surface area contributed by atoms with E-state index < -0.39 is 44.2 Å². The molecule has 6 rings (SSSR count). The van der Waals surface area contributed by atoms with Crippen molar-refractivity contribution in [2.24, 2.45) is 4.99 Å². The van der Waals surface area contributed by atoms with Crippen molar-refractivity contribution < 1.29 is 32.7 Å². The fraction of sp³-hybridized carbons (Fsp3) is 0.432. The molecule has 1 aliphatic heterocycles. The summed E-state index contributed by atoms with van der Waals surface area (Å²) < 4.78 is 49.1. The normalized spacial score (nSPS) is 18.7. The van der Waals surface area contributed by atoms with Crippen molar-refractivity contribution in [2.45, 2.75) is 76.3 Å². The van der Waals surface area contributed by atoms with Gasteiger partial charge in [-0.15, -0.1) is 0 Å². The van der Waals surface area contributed by atoms with Crippen LogP contribution in [0.4, 0.5) is 5.95 Å². The highest BCUT2D eigenvalue weighted by Crippen LogP contribution is 2.51. The number of hydrogen-bond acceptors (Lipinski definition) is 13. The third kappa shape index (κ3) is 9.95. The number of methoxy groups -OCH3 is 3. The Kier molecular flexibility index (Phi) is 15.3. The number of aromatic amines is 1. The molecule has 3 heterocycles. The van der Waals surface area contributed by atoms with E-state index in [0.717, 1.165) is 16.7 Å². The minimum atomic E-state index is -1.78. The maximum absolute atomic E-state index is 13.3. The predicted octanol–water partition coefficient (Wildman–Crippen LogP) is 6.94. The number of nitriles is 1. The molecule has 2 aromatic heterocycles. The Bertz CT molecular complexity index is 2240. The number of H-pyrrole nitrogens is 1. The molecule has 1 saturated heterocycles. The molecule has 1 aliphatic rings. The summed E-state index contributed by atoms with van der Waals surface area (Å²) >= 11 is 0. The van der Waals surface area contributed by atoms with E-state index in [4.69, 9.17) is 32.7 Å². The summed E-state index contributed by atoms with van der Waals surface area (Å²) in [5, 5.41) is 9.46. The lowest BCUT2D eigenvalue weighted by atomic mass is 9.80.